The molecular formula is C20H26N8O2. The maximum absolute atomic E-state index is 12.5. The molecule has 3 heterocycles. The van der Waals surface area contributed by atoms with Crippen LogP contribution in [0, 0.1) is 0 Å². The van der Waals surface area contributed by atoms with Crippen molar-refractivity contribution in [1.82, 2.24) is 35.2 Å². The number of nitrogens with one attached hydrogen (secondary N) is 1. The zero-order valence-corrected chi connectivity index (χ0v) is 17.3. The van der Waals surface area contributed by atoms with Gasteiger partial charge in [-0.2, -0.15) is 0 Å². The Hall–Kier alpha value is -3.43. The van der Waals surface area contributed by atoms with E-state index in [9.17, 15) is 4.79 Å². The zero-order chi connectivity index (χ0) is 20.9. The van der Waals surface area contributed by atoms with E-state index in [1.807, 2.05) is 36.1 Å². The summed E-state index contributed by atoms with van der Waals surface area (Å²) in [4.78, 5) is 25.2. The summed E-state index contributed by atoms with van der Waals surface area (Å²) >= 11 is 0. The number of hydrogen-bond acceptors (Lipinski definition) is 7. The average molecular weight is 410 g/mol. The Kier molecular flexibility index (Phi) is 5.92. The lowest BCUT2D eigenvalue weighted by atomic mass is 10.1. The van der Waals surface area contributed by atoms with Crippen molar-refractivity contribution in [2.75, 3.05) is 44.7 Å². The van der Waals surface area contributed by atoms with E-state index in [2.05, 4.69) is 30.5 Å². The van der Waals surface area contributed by atoms with Crippen LogP contribution in [0.3, 0.4) is 0 Å². The second-order valence-corrected chi connectivity index (χ2v) is 7.08. The van der Waals surface area contributed by atoms with Crippen molar-refractivity contribution in [3.8, 4) is 5.75 Å². The second kappa shape index (κ2) is 8.93. The Morgan fingerprint density at radius 1 is 1.13 bits per heavy atom. The predicted octanol–water partition coefficient (Wildman–Crippen LogP) is 1.32. The van der Waals surface area contributed by atoms with Gasteiger partial charge in [-0.3, -0.25) is 0 Å². The molecule has 1 fully saturated rings. The summed E-state index contributed by atoms with van der Waals surface area (Å²) in [5.74, 6) is 1.61. The third kappa shape index (κ3) is 4.12. The molecule has 1 N–H and O–H groups in total. The Morgan fingerprint density at radius 2 is 1.90 bits per heavy atom. The Morgan fingerprint density at radius 3 is 2.60 bits per heavy atom. The molecule has 1 aliphatic heterocycles. The molecular weight excluding hydrogens is 384 g/mol. The molecule has 1 aliphatic rings. The fraction of sp³-hybridized carbons (Fsp3) is 0.450. The summed E-state index contributed by atoms with van der Waals surface area (Å²) in [7, 11) is 1.65. The van der Waals surface area contributed by atoms with Crippen molar-refractivity contribution in [2.45, 2.75) is 19.9 Å². The molecule has 1 saturated heterocycles. The minimum atomic E-state index is -0.0343. The Bertz CT molecular complexity index is 996. The summed E-state index contributed by atoms with van der Waals surface area (Å²) in [6.07, 6.45) is 2.33. The van der Waals surface area contributed by atoms with E-state index in [0.717, 1.165) is 29.2 Å². The van der Waals surface area contributed by atoms with Gasteiger partial charge in [0.25, 0.3) is 0 Å². The molecule has 1 aromatic carbocycles. The van der Waals surface area contributed by atoms with Crippen molar-refractivity contribution >= 4 is 23.0 Å². The van der Waals surface area contributed by atoms with Crippen LogP contribution in [-0.4, -0.2) is 75.7 Å². The normalized spacial score (nSPS) is 14.2. The summed E-state index contributed by atoms with van der Waals surface area (Å²) < 4.78 is 6.92. The molecule has 10 nitrogen and oxygen atoms in total. The molecule has 2 amide bonds. The molecule has 0 bridgehead atoms. The molecule has 158 valence electrons. The fourth-order valence-electron chi connectivity index (χ4n) is 3.56. The van der Waals surface area contributed by atoms with Crippen LogP contribution in [0.4, 0.5) is 10.6 Å². The molecule has 3 aromatic rings. The van der Waals surface area contributed by atoms with Gasteiger partial charge in [0.15, 0.2) is 17.0 Å². The number of piperazine rings is 1. The van der Waals surface area contributed by atoms with Crippen LogP contribution in [0.15, 0.2) is 30.6 Å². The van der Waals surface area contributed by atoms with Crippen molar-refractivity contribution in [2.24, 2.45) is 0 Å². The summed E-state index contributed by atoms with van der Waals surface area (Å²) in [5, 5.41) is 11.4. The monoisotopic (exact) mass is 410 g/mol. The fourth-order valence-corrected chi connectivity index (χ4v) is 3.56. The van der Waals surface area contributed by atoms with E-state index in [1.54, 1.807) is 18.1 Å². The highest BCUT2D eigenvalue weighted by Gasteiger charge is 2.24. The minimum Gasteiger partial charge on any atom is -0.497 e. The van der Waals surface area contributed by atoms with E-state index in [1.165, 1.54) is 0 Å². The zero-order valence-electron chi connectivity index (χ0n) is 17.3. The topological polar surface area (TPSA) is 101 Å². The number of hydrogen-bond donors (Lipinski definition) is 1. The molecule has 10 heteroatoms. The molecule has 0 atom stereocenters. The van der Waals surface area contributed by atoms with Crippen LogP contribution in [0.25, 0.3) is 11.2 Å². The summed E-state index contributed by atoms with van der Waals surface area (Å²) in [6.45, 7) is 5.94. The highest BCUT2D eigenvalue weighted by molar-refractivity contribution is 5.82. The van der Waals surface area contributed by atoms with Crippen LogP contribution in [0.5, 0.6) is 5.75 Å². The molecule has 0 aliphatic carbocycles. The Balaban J connectivity index is 1.29. The maximum atomic E-state index is 12.5. The van der Waals surface area contributed by atoms with Gasteiger partial charge in [-0.05, 0) is 31.0 Å². The van der Waals surface area contributed by atoms with Crippen molar-refractivity contribution < 1.29 is 9.53 Å². The van der Waals surface area contributed by atoms with Crippen LogP contribution in [0.1, 0.15) is 12.5 Å². The number of amides is 2. The van der Waals surface area contributed by atoms with E-state index in [-0.39, 0.29) is 6.03 Å². The molecule has 0 saturated carbocycles. The van der Waals surface area contributed by atoms with Crippen LogP contribution >= 0.6 is 0 Å². The SMILES string of the molecule is CCn1nnc2c(N3CCN(C(=O)NCCc4ccc(OC)cc4)CC3)ncnc21. The van der Waals surface area contributed by atoms with Gasteiger partial charge in [0.2, 0.25) is 0 Å². The quantitative estimate of drug-likeness (QED) is 0.654. The smallest absolute Gasteiger partial charge is 0.317 e. The molecule has 0 radical (unpaired) electrons. The van der Waals surface area contributed by atoms with Gasteiger partial charge in [-0.15, -0.1) is 5.10 Å². The van der Waals surface area contributed by atoms with E-state index < -0.39 is 0 Å². The maximum Gasteiger partial charge on any atom is 0.317 e. The number of benzene rings is 1. The minimum absolute atomic E-state index is 0.0343. The van der Waals surface area contributed by atoms with E-state index >= 15 is 0 Å². The number of carbonyl (C=O) groups excluding carboxylic acids is 1. The van der Waals surface area contributed by atoms with Gasteiger partial charge in [0.1, 0.15) is 12.1 Å². The lowest BCUT2D eigenvalue weighted by molar-refractivity contribution is 0.194. The first-order valence-electron chi connectivity index (χ1n) is 10.1. The molecule has 0 spiro atoms. The lowest BCUT2D eigenvalue weighted by Gasteiger charge is -2.35. The second-order valence-electron chi connectivity index (χ2n) is 7.08. The van der Waals surface area contributed by atoms with Gasteiger partial charge in [0.05, 0.1) is 7.11 Å². The lowest BCUT2D eigenvalue weighted by Crippen LogP contribution is -2.52. The first-order valence-corrected chi connectivity index (χ1v) is 10.1. The van der Waals surface area contributed by atoms with Gasteiger partial charge in [0, 0.05) is 39.3 Å². The summed E-state index contributed by atoms with van der Waals surface area (Å²) in [5.41, 5.74) is 2.60. The van der Waals surface area contributed by atoms with Crippen LogP contribution < -0.4 is 15.0 Å². The third-order valence-electron chi connectivity index (χ3n) is 5.30. The van der Waals surface area contributed by atoms with E-state index in [0.29, 0.717) is 44.8 Å². The van der Waals surface area contributed by atoms with Gasteiger partial charge in [-0.25, -0.2) is 19.4 Å². The standard InChI is InChI=1S/C20H26N8O2/c1-3-28-19-17(24-25-28)18(22-14-23-19)26-10-12-27(13-11-26)20(29)21-9-8-15-4-6-16(30-2)7-5-15/h4-7,14H,3,8-13H2,1-2H3,(H,21,29). The number of ether oxygens (including phenoxy) is 1. The van der Waals surface area contributed by atoms with Crippen molar-refractivity contribution in [3.05, 3.63) is 36.2 Å². The molecule has 30 heavy (non-hydrogen) atoms. The number of aryl methyl sites for hydroxylation is 1. The largest absolute Gasteiger partial charge is 0.497 e. The first kappa shape index (κ1) is 19.9. The third-order valence-corrected chi connectivity index (χ3v) is 5.30. The van der Waals surface area contributed by atoms with Gasteiger partial charge in [-0.1, -0.05) is 17.3 Å². The predicted molar refractivity (Wildman–Crippen MR) is 113 cm³/mol. The van der Waals surface area contributed by atoms with Crippen molar-refractivity contribution in [1.29, 1.82) is 0 Å². The Labute approximate surface area is 174 Å². The first-order chi connectivity index (χ1) is 14.7. The highest BCUT2D eigenvalue weighted by atomic mass is 16.5. The number of nitrogens with zero attached hydrogens (tertiary/aromatic N) is 7. The number of anilines is 1. The number of methoxy groups -OCH3 is 1. The molecule has 0 unspecified atom stereocenters. The number of aromatic nitrogens is 5. The van der Waals surface area contributed by atoms with Crippen LogP contribution in [0.2, 0.25) is 0 Å². The number of fused-ring (bicyclic) bond motifs is 1. The summed E-state index contributed by atoms with van der Waals surface area (Å²) in [6, 6.07) is 7.86. The molecule has 4 rings (SSSR count). The van der Waals surface area contributed by atoms with Gasteiger partial charge < -0.3 is 19.9 Å². The number of rotatable bonds is 6. The molecule has 2 aromatic heterocycles. The number of urea groups is 1. The van der Waals surface area contributed by atoms with Crippen LogP contribution in [-0.2, 0) is 13.0 Å². The number of carbonyl (C=O) groups is 1. The van der Waals surface area contributed by atoms with E-state index in [4.69, 9.17) is 4.74 Å². The highest BCUT2D eigenvalue weighted by Crippen LogP contribution is 2.21. The van der Waals surface area contributed by atoms with Gasteiger partial charge >= 0.3 is 6.03 Å². The average Bonchev–Trinajstić information content (AvgIpc) is 3.23. The van der Waals surface area contributed by atoms with Crippen molar-refractivity contribution in [3.63, 3.8) is 0 Å².